The second kappa shape index (κ2) is 8.76. The van der Waals surface area contributed by atoms with E-state index in [1.807, 2.05) is 18.2 Å². The van der Waals surface area contributed by atoms with Crippen molar-refractivity contribution in [2.75, 3.05) is 32.2 Å². The fourth-order valence-corrected chi connectivity index (χ4v) is 4.78. The third-order valence-corrected chi connectivity index (χ3v) is 6.25. The lowest BCUT2D eigenvalue weighted by molar-refractivity contribution is -0.125. The SMILES string of the molecule is COc1ccc(CCNC(=O)C2Cc3ccccc3N3CCCCC23)cc1OC. The highest BCUT2D eigenvalue weighted by Gasteiger charge is 2.39. The number of carbonyl (C=O) groups is 1. The van der Waals surface area contributed by atoms with Crippen molar-refractivity contribution in [1.29, 1.82) is 0 Å². The minimum atomic E-state index is 0.0237. The van der Waals surface area contributed by atoms with Crippen molar-refractivity contribution in [3.8, 4) is 11.5 Å². The Morgan fingerprint density at radius 2 is 1.93 bits per heavy atom. The molecule has 2 aromatic rings. The summed E-state index contributed by atoms with van der Waals surface area (Å²) < 4.78 is 10.7. The number of fused-ring (bicyclic) bond motifs is 3. The van der Waals surface area contributed by atoms with Crippen molar-refractivity contribution in [3.63, 3.8) is 0 Å². The van der Waals surface area contributed by atoms with Gasteiger partial charge in [-0.15, -0.1) is 0 Å². The van der Waals surface area contributed by atoms with E-state index in [1.54, 1.807) is 14.2 Å². The zero-order chi connectivity index (χ0) is 20.2. The monoisotopic (exact) mass is 394 g/mol. The normalized spacial score (nSPS) is 20.4. The molecular formula is C24H30N2O3. The fourth-order valence-electron chi connectivity index (χ4n) is 4.78. The molecule has 2 aliphatic heterocycles. The molecule has 2 aromatic carbocycles. The number of nitrogens with one attached hydrogen (secondary N) is 1. The Hall–Kier alpha value is -2.69. The van der Waals surface area contributed by atoms with Gasteiger partial charge >= 0.3 is 0 Å². The Kier molecular flexibility index (Phi) is 5.93. The average molecular weight is 395 g/mol. The quantitative estimate of drug-likeness (QED) is 0.813. The maximum atomic E-state index is 13.1. The van der Waals surface area contributed by atoms with Gasteiger partial charge in [-0.2, -0.15) is 0 Å². The van der Waals surface area contributed by atoms with Crippen LogP contribution in [0.3, 0.4) is 0 Å². The summed E-state index contributed by atoms with van der Waals surface area (Å²) >= 11 is 0. The fraction of sp³-hybridized carbons (Fsp3) is 0.458. The Bertz CT molecular complexity index is 867. The second-order valence-electron chi connectivity index (χ2n) is 7.93. The first-order chi connectivity index (χ1) is 14.2. The molecule has 0 radical (unpaired) electrons. The number of para-hydroxylation sites is 1. The summed E-state index contributed by atoms with van der Waals surface area (Å²) in [5, 5.41) is 3.19. The maximum Gasteiger partial charge on any atom is 0.225 e. The summed E-state index contributed by atoms with van der Waals surface area (Å²) in [7, 11) is 3.27. The van der Waals surface area contributed by atoms with Crippen LogP contribution >= 0.6 is 0 Å². The molecule has 1 fully saturated rings. The molecule has 0 spiro atoms. The Morgan fingerprint density at radius 1 is 1.10 bits per heavy atom. The molecule has 0 bridgehead atoms. The van der Waals surface area contributed by atoms with Crippen molar-refractivity contribution in [3.05, 3.63) is 53.6 Å². The van der Waals surface area contributed by atoms with Gasteiger partial charge in [0, 0.05) is 24.8 Å². The summed E-state index contributed by atoms with van der Waals surface area (Å²) in [6, 6.07) is 14.8. The first-order valence-corrected chi connectivity index (χ1v) is 10.5. The van der Waals surface area contributed by atoms with Crippen LogP contribution in [0.15, 0.2) is 42.5 Å². The molecule has 2 atom stereocenters. The first-order valence-electron chi connectivity index (χ1n) is 10.5. The average Bonchev–Trinajstić information content (AvgIpc) is 2.78. The molecule has 5 heteroatoms. The molecule has 0 aliphatic carbocycles. The highest BCUT2D eigenvalue weighted by molar-refractivity contribution is 5.82. The predicted octanol–water partition coefficient (Wildman–Crippen LogP) is 3.59. The molecule has 1 N–H and O–H groups in total. The number of benzene rings is 2. The topological polar surface area (TPSA) is 50.8 Å². The van der Waals surface area contributed by atoms with Gasteiger partial charge in [0.2, 0.25) is 5.91 Å². The molecule has 5 nitrogen and oxygen atoms in total. The lowest BCUT2D eigenvalue weighted by atomic mass is 9.80. The maximum absolute atomic E-state index is 13.1. The van der Waals surface area contributed by atoms with E-state index < -0.39 is 0 Å². The van der Waals surface area contributed by atoms with E-state index in [0.29, 0.717) is 12.6 Å². The summed E-state index contributed by atoms with van der Waals surface area (Å²) in [6.07, 6.45) is 5.11. The van der Waals surface area contributed by atoms with Gasteiger partial charge in [-0.05, 0) is 61.4 Å². The largest absolute Gasteiger partial charge is 0.493 e. The van der Waals surface area contributed by atoms with Gasteiger partial charge in [0.15, 0.2) is 11.5 Å². The molecule has 2 aliphatic rings. The molecule has 0 saturated carbocycles. The zero-order valence-electron chi connectivity index (χ0n) is 17.3. The highest BCUT2D eigenvalue weighted by Crippen LogP contribution is 2.38. The first kappa shape index (κ1) is 19.6. The molecule has 1 saturated heterocycles. The van der Waals surface area contributed by atoms with E-state index >= 15 is 0 Å². The molecular weight excluding hydrogens is 364 g/mol. The number of rotatable bonds is 6. The summed E-state index contributed by atoms with van der Waals surface area (Å²) in [5.41, 5.74) is 3.74. The van der Waals surface area contributed by atoms with Crippen LogP contribution in [-0.4, -0.2) is 39.3 Å². The van der Waals surface area contributed by atoms with Crippen LogP contribution in [-0.2, 0) is 17.6 Å². The van der Waals surface area contributed by atoms with E-state index in [1.165, 1.54) is 24.1 Å². The van der Waals surface area contributed by atoms with E-state index in [9.17, 15) is 4.79 Å². The number of hydrogen-bond donors (Lipinski definition) is 1. The smallest absolute Gasteiger partial charge is 0.225 e. The third kappa shape index (κ3) is 4.04. The van der Waals surface area contributed by atoms with Gasteiger partial charge in [0.1, 0.15) is 0 Å². The standard InChI is InChI=1S/C24H30N2O3/c1-28-22-11-10-17(15-23(22)29-2)12-13-25-24(27)19-16-18-7-3-4-8-20(18)26-14-6-5-9-21(19)26/h3-4,7-8,10-11,15,19,21H,5-6,9,12-14,16H2,1-2H3,(H,25,27). The van der Waals surface area contributed by atoms with Crippen molar-refractivity contribution in [2.24, 2.45) is 5.92 Å². The number of methoxy groups -OCH3 is 2. The van der Waals surface area contributed by atoms with Gasteiger partial charge in [-0.3, -0.25) is 4.79 Å². The predicted molar refractivity (Wildman–Crippen MR) is 115 cm³/mol. The van der Waals surface area contributed by atoms with Crippen molar-refractivity contribution in [2.45, 2.75) is 38.1 Å². The summed E-state index contributed by atoms with van der Waals surface area (Å²) in [6.45, 7) is 1.68. The molecule has 29 heavy (non-hydrogen) atoms. The van der Waals surface area contributed by atoms with Gasteiger partial charge in [0.05, 0.1) is 20.1 Å². The molecule has 1 amide bonds. The molecule has 4 rings (SSSR count). The van der Waals surface area contributed by atoms with Crippen LogP contribution in [0, 0.1) is 5.92 Å². The number of nitrogens with zero attached hydrogens (tertiary/aromatic N) is 1. The lowest BCUT2D eigenvalue weighted by Gasteiger charge is -2.46. The van der Waals surface area contributed by atoms with E-state index in [0.717, 1.165) is 42.9 Å². The van der Waals surface area contributed by atoms with E-state index in [4.69, 9.17) is 9.47 Å². The second-order valence-corrected chi connectivity index (χ2v) is 7.93. The Balaban J connectivity index is 1.41. The number of ether oxygens (including phenoxy) is 2. The number of hydrogen-bond acceptors (Lipinski definition) is 4. The highest BCUT2D eigenvalue weighted by atomic mass is 16.5. The third-order valence-electron chi connectivity index (χ3n) is 6.25. The molecule has 2 unspecified atom stereocenters. The zero-order valence-corrected chi connectivity index (χ0v) is 17.3. The minimum Gasteiger partial charge on any atom is -0.493 e. The van der Waals surface area contributed by atoms with Gasteiger partial charge in [-0.25, -0.2) is 0 Å². The Labute approximate surface area is 173 Å². The Morgan fingerprint density at radius 3 is 2.76 bits per heavy atom. The van der Waals surface area contributed by atoms with Gasteiger partial charge < -0.3 is 19.7 Å². The van der Waals surface area contributed by atoms with E-state index in [2.05, 4.69) is 34.5 Å². The van der Waals surface area contributed by atoms with Crippen molar-refractivity contribution >= 4 is 11.6 Å². The number of carbonyl (C=O) groups excluding carboxylic acids is 1. The van der Waals surface area contributed by atoms with Crippen molar-refractivity contribution in [1.82, 2.24) is 5.32 Å². The van der Waals surface area contributed by atoms with Crippen molar-refractivity contribution < 1.29 is 14.3 Å². The van der Waals surface area contributed by atoms with Crippen LogP contribution < -0.4 is 19.7 Å². The molecule has 154 valence electrons. The summed E-state index contributed by atoms with van der Waals surface area (Å²) in [5.74, 6) is 1.64. The van der Waals surface area contributed by atoms with Crippen LogP contribution in [0.4, 0.5) is 5.69 Å². The van der Waals surface area contributed by atoms with Gasteiger partial charge in [-0.1, -0.05) is 24.3 Å². The van der Waals surface area contributed by atoms with Crippen LogP contribution in [0.25, 0.3) is 0 Å². The number of amides is 1. The van der Waals surface area contributed by atoms with Gasteiger partial charge in [0.25, 0.3) is 0 Å². The summed E-state index contributed by atoms with van der Waals surface area (Å²) in [4.78, 5) is 15.6. The van der Waals surface area contributed by atoms with Crippen LogP contribution in [0.2, 0.25) is 0 Å². The van der Waals surface area contributed by atoms with Crippen LogP contribution in [0.5, 0.6) is 11.5 Å². The van der Waals surface area contributed by atoms with Crippen LogP contribution in [0.1, 0.15) is 30.4 Å². The number of anilines is 1. The minimum absolute atomic E-state index is 0.0237. The van der Waals surface area contributed by atoms with E-state index in [-0.39, 0.29) is 11.8 Å². The molecule has 0 aromatic heterocycles. The lowest BCUT2D eigenvalue weighted by Crippen LogP contribution is -2.53. The number of piperidine rings is 1. The molecule has 2 heterocycles.